The molecule has 0 aliphatic heterocycles. The van der Waals surface area contributed by atoms with E-state index >= 15 is 0 Å². The maximum Gasteiger partial charge on any atom is 0.141 e. The number of hydrogen-bond donors (Lipinski definition) is 0. The number of rotatable bonds is 6. The van der Waals surface area contributed by atoms with E-state index in [0.29, 0.717) is 0 Å². The van der Waals surface area contributed by atoms with Crippen LogP contribution in [0.1, 0.15) is 0 Å². The lowest BCUT2D eigenvalue weighted by Crippen LogP contribution is -2.48. The molecule has 0 saturated carbocycles. The Morgan fingerprint density at radius 3 is 1.44 bits per heavy atom. The quantitative estimate of drug-likeness (QED) is 0.226. The SMILES string of the molecule is Bc1c(B)c(B)c2c(c1B)c1c(B)c(-c3ccc4c(c3)c3ccc(-c5ccccc5)cc3n4-c3cccc(-c4ccccc4)c3)c(B)c(B)c1n2-c1ccc2c(c1)c1ccccc1n2-c1ccccc1. The van der Waals surface area contributed by atoms with Gasteiger partial charge in [0.15, 0.2) is 0 Å². The van der Waals surface area contributed by atoms with Crippen molar-refractivity contribution >= 4 is 159 Å². The first-order valence-corrected chi connectivity index (χ1v) is 24.6. The Balaban J connectivity index is 1.07. The van der Waals surface area contributed by atoms with E-state index < -0.39 is 0 Å². The van der Waals surface area contributed by atoms with Crippen LogP contribution in [0.3, 0.4) is 0 Å². The van der Waals surface area contributed by atoms with Crippen molar-refractivity contribution in [1.29, 1.82) is 0 Å². The van der Waals surface area contributed by atoms with Gasteiger partial charge in [-0.15, -0.1) is 5.46 Å². The molecular weight excluding hydrogens is 838 g/mol. The second-order valence-corrected chi connectivity index (χ2v) is 19.5. The molecule has 0 atom stereocenters. The van der Waals surface area contributed by atoms with Crippen molar-refractivity contribution in [3.8, 4) is 50.4 Å². The molecule has 0 amide bonds. The van der Waals surface area contributed by atoms with E-state index in [4.69, 9.17) is 0 Å². The van der Waals surface area contributed by atoms with Gasteiger partial charge in [0.2, 0.25) is 0 Å². The fraction of sp³-hybridized carbons (Fsp3) is 0. The van der Waals surface area contributed by atoms with Gasteiger partial charge in [-0.3, -0.25) is 0 Å². The van der Waals surface area contributed by atoms with Crippen molar-refractivity contribution in [1.82, 2.24) is 13.7 Å². The van der Waals surface area contributed by atoms with Crippen LogP contribution in [0.2, 0.25) is 0 Å². The average Bonchev–Trinajstić information content (AvgIpc) is 4.06. The molecule has 0 bridgehead atoms. The number of aromatic nitrogens is 3. The summed E-state index contributed by atoms with van der Waals surface area (Å²) < 4.78 is 7.49. The summed E-state index contributed by atoms with van der Waals surface area (Å²) in [7, 11) is 16.4. The molecule has 0 unspecified atom stereocenters. The third-order valence-electron chi connectivity index (χ3n) is 15.9. The topological polar surface area (TPSA) is 14.8 Å². The second kappa shape index (κ2) is 16.1. The number of fused-ring (bicyclic) bond motifs is 9. The highest BCUT2D eigenvalue weighted by atomic mass is 15.0. The van der Waals surface area contributed by atoms with Crippen LogP contribution in [0.15, 0.2) is 194 Å². The molecule has 0 aliphatic rings. The standard InChI is InChI=1S/C60H46B7N3/c61-52-49(37-24-27-46-43(30-37)42-26-23-36(34-15-6-2-7-16-34)31-48(42)69(46)39-20-12-17-35(29-39)33-13-4-1-5-14-33)53(62)57(66)59-50(52)51-54(63)55(64)56(65)58(67)60(51)70(59)40-25-28-47-44(32-40)41-21-10-11-22-45(41)68(47)38-18-8-3-9-19-38/h1-32H,61-67H2. The molecule has 0 saturated heterocycles. The van der Waals surface area contributed by atoms with Crippen LogP contribution in [-0.2, 0) is 0 Å². The van der Waals surface area contributed by atoms with Gasteiger partial charge in [-0.1, -0.05) is 160 Å². The minimum Gasteiger partial charge on any atom is -0.310 e. The van der Waals surface area contributed by atoms with Gasteiger partial charge >= 0.3 is 0 Å². The molecule has 13 aromatic rings. The summed E-state index contributed by atoms with van der Waals surface area (Å²) in [6, 6.07) is 71.5. The van der Waals surface area contributed by atoms with Crippen molar-refractivity contribution in [3.63, 3.8) is 0 Å². The van der Waals surface area contributed by atoms with Crippen LogP contribution in [0, 0.1) is 0 Å². The molecule has 322 valence electrons. The first kappa shape index (κ1) is 42.2. The first-order chi connectivity index (χ1) is 34.2. The van der Waals surface area contributed by atoms with Crippen LogP contribution >= 0.6 is 0 Å². The Morgan fingerprint density at radius 1 is 0.243 bits per heavy atom. The molecule has 0 radical (unpaired) electrons. The summed E-state index contributed by atoms with van der Waals surface area (Å²) in [4.78, 5) is 0. The van der Waals surface area contributed by atoms with E-state index in [2.05, 4.69) is 263 Å². The smallest absolute Gasteiger partial charge is 0.141 e. The monoisotopic (exact) mass is 885 g/mol. The fourth-order valence-corrected chi connectivity index (χ4v) is 12.1. The summed E-state index contributed by atoms with van der Waals surface area (Å²) in [5.41, 5.74) is 27.6. The van der Waals surface area contributed by atoms with E-state index in [1.807, 2.05) is 0 Å². The molecule has 10 heteroatoms. The van der Waals surface area contributed by atoms with Gasteiger partial charge in [0.25, 0.3) is 0 Å². The molecule has 10 aromatic carbocycles. The molecule has 0 fully saturated rings. The third-order valence-corrected chi connectivity index (χ3v) is 15.9. The normalized spacial score (nSPS) is 11.8. The van der Waals surface area contributed by atoms with Crippen LogP contribution < -0.4 is 38.2 Å². The molecule has 13 rings (SSSR count). The summed E-state index contributed by atoms with van der Waals surface area (Å²) in [5, 5.41) is 7.70. The number of nitrogens with zero attached hydrogens (tertiary/aromatic N) is 3. The predicted molar refractivity (Wildman–Crippen MR) is 323 cm³/mol. The summed E-state index contributed by atoms with van der Waals surface area (Å²) in [6.45, 7) is 0. The highest BCUT2D eigenvalue weighted by Crippen LogP contribution is 2.40. The largest absolute Gasteiger partial charge is 0.310 e. The van der Waals surface area contributed by atoms with Gasteiger partial charge in [0.05, 0.1) is 22.1 Å². The summed E-state index contributed by atoms with van der Waals surface area (Å²) >= 11 is 0. The maximum absolute atomic E-state index is 2.61. The summed E-state index contributed by atoms with van der Waals surface area (Å²) in [5.74, 6) is 0. The lowest BCUT2D eigenvalue weighted by molar-refractivity contribution is 1.17. The summed E-state index contributed by atoms with van der Waals surface area (Å²) in [6.07, 6.45) is 0. The molecule has 3 heterocycles. The Hall–Kier alpha value is -7.95. The molecule has 0 aliphatic carbocycles. The predicted octanol–water partition coefficient (Wildman–Crippen LogP) is 3.79. The van der Waals surface area contributed by atoms with Crippen LogP contribution in [-0.4, -0.2) is 68.6 Å². The Bertz CT molecular complexity index is 4310. The molecule has 3 nitrogen and oxygen atoms in total. The minimum atomic E-state index is 1.15. The molecule has 3 aromatic heterocycles. The van der Waals surface area contributed by atoms with E-state index in [1.54, 1.807) is 0 Å². The zero-order valence-electron chi connectivity index (χ0n) is 40.8. The zero-order chi connectivity index (χ0) is 47.5. The van der Waals surface area contributed by atoms with Crippen molar-refractivity contribution in [2.75, 3.05) is 0 Å². The van der Waals surface area contributed by atoms with E-state index in [0.717, 1.165) is 5.69 Å². The van der Waals surface area contributed by atoms with Crippen LogP contribution in [0.25, 0.3) is 116 Å². The van der Waals surface area contributed by atoms with Gasteiger partial charge in [0, 0.05) is 55.0 Å². The fourth-order valence-electron chi connectivity index (χ4n) is 12.1. The highest BCUT2D eigenvalue weighted by Gasteiger charge is 2.26. The van der Waals surface area contributed by atoms with Crippen LogP contribution in [0.5, 0.6) is 0 Å². The third kappa shape index (κ3) is 6.18. The first-order valence-electron chi connectivity index (χ1n) is 24.6. The van der Waals surface area contributed by atoms with Crippen LogP contribution in [0.4, 0.5) is 0 Å². The second-order valence-electron chi connectivity index (χ2n) is 19.5. The van der Waals surface area contributed by atoms with E-state index in [-0.39, 0.29) is 0 Å². The maximum atomic E-state index is 2.61. The van der Waals surface area contributed by atoms with Crippen molar-refractivity contribution in [2.24, 2.45) is 0 Å². The van der Waals surface area contributed by atoms with Gasteiger partial charge in [-0.2, -0.15) is 0 Å². The van der Waals surface area contributed by atoms with Crippen molar-refractivity contribution in [3.05, 3.63) is 194 Å². The van der Waals surface area contributed by atoms with Crippen molar-refractivity contribution < 1.29 is 0 Å². The minimum absolute atomic E-state index is 1.15. The molecular formula is C60H46B7N3. The van der Waals surface area contributed by atoms with E-state index in [9.17, 15) is 0 Å². The number of benzene rings is 10. The molecule has 70 heavy (non-hydrogen) atoms. The Labute approximate surface area is 414 Å². The van der Waals surface area contributed by atoms with Gasteiger partial charge in [0.1, 0.15) is 54.9 Å². The Morgan fingerprint density at radius 2 is 0.729 bits per heavy atom. The zero-order valence-corrected chi connectivity index (χ0v) is 40.8. The lowest BCUT2D eigenvalue weighted by Gasteiger charge is -2.19. The number of para-hydroxylation sites is 2. The van der Waals surface area contributed by atoms with Crippen molar-refractivity contribution in [2.45, 2.75) is 0 Å². The van der Waals surface area contributed by atoms with E-state index in [1.165, 1.54) is 148 Å². The van der Waals surface area contributed by atoms with Gasteiger partial charge in [-0.05, 0) is 105 Å². The average molecular weight is 885 g/mol. The van der Waals surface area contributed by atoms with Gasteiger partial charge < -0.3 is 13.7 Å². The molecule has 0 N–H and O–H groups in total. The Kier molecular flexibility index (Phi) is 9.68. The highest BCUT2D eigenvalue weighted by molar-refractivity contribution is 6.69. The lowest BCUT2D eigenvalue weighted by atomic mass is 9.64. The molecule has 0 spiro atoms. The van der Waals surface area contributed by atoms with Gasteiger partial charge in [-0.25, -0.2) is 0 Å². The number of hydrogen-bond acceptors (Lipinski definition) is 0.